The van der Waals surface area contributed by atoms with Gasteiger partial charge in [0, 0.05) is 24.7 Å². The smallest absolute Gasteiger partial charge is 0.410 e. The third-order valence-electron chi connectivity index (χ3n) is 6.21. The molecule has 8 heteroatoms. The van der Waals surface area contributed by atoms with Crippen molar-refractivity contribution in [2.75, 3.05) is 25.5 Å². The molecule has 1 aliphatic rings. The molecule has 1 aromatic heterocycles. The van der Waals surface area contributed by atoms with Crippen molar-refractivity contribution in [2.45, 2.75) is 52.1 Å². The minimum atomic E-state index is -0.537. The Hall–Kier alpha value is -3.81. The molecule has 190 valence electrons. The number of anilines is 1. The van der Waals surface area contributed by atoms with Gasteiger partial charge in [0.15, 0.2) is 0 Å². The van der Waals surface area contributed by atoms with Gasteiger partial charge in [0.05, 0.1) is 30.3 Å². The SMILES string of the molecule is COc1ccc(NC(=O)c2cnn(-c3ccc(C)cc3)c2C2CCN(C(=O)OC(C)(C)C)CC2)cc1. The zero-order chi connectivity index (χ0) is 25.9. The molecular weight excluding hydrogens is 456 g/mol. The number of aromatic nitrogens is 2. The number of hydrogen-bond acceptors (Lipinski definition) is 5. The molecule has 4 rings (SSSR count). The van der Waals surface area contributed by atoms with Crippen molar-refractivity contribution < 1.29 is 19.1 Å². The van der Waals surface area contributed by atoms with E-state index in [1.165, 1.54) is 0 Å². The molecule has 8 nitrogen and oxygen atoms in total. The summed E-state index contributed by atoms with van der Waals surface area (Å²) >= 11 is 0. The first-order chi connectivity index (χ1) is 17.1. The number of rotatable bonds is 5. The van der Waals surface area contributed by atoms with Crippen molar-refractivity contribution in [1.82, 2.24) is 14.7 Å². The van der Waals surface area contributed by atoms with E-state index in [0.29, 0.717) is 37.2 Å². The largest absolute Gasteiger partial charge is 0.497 e. The number of likely N-dealkylation sites (tertiary alicyclic amines) is 1. The van der Waals surface area contributed by atoms with Gasteiger partial charge in [-0.3, -0.25) is 4.79 Å². The van der Waals surface area contributed by atoms with E-state index in [1.807, 2.05) is 56.6 Å². The quantitative estimate of drug-likeness (QED) is 0.506. The van der Waals surface area contributed by atoms with Crippen LogP contribution in [0, 0.1) is 6.92 Å². The molecule has 0 aliphatic carbocycles. The minimum Gasteiger partial charge on any atom is -0.497 e. The number of ether oxygens (including phenoxy) is 2. The van der Waals surface area contributed by atoms with Crippen molar-refractivity contribution >= 4 is 17.7 Å². The summed E-state index contributed by atoms with van der Waals surface area (Å²) in [4.78, 5) is 27.7. The zero-order valence-corrected chi connectivity index (χ0v) is 21.6. The Kier molecular flexibility index (Phi) is 7.33. The summed E-state index contributed by atoms with van der Waals surface area (Å²) in [7, 11) is 1.60. The first kappa shape index (κ1) is 25.3. The third kappa shape index (κ3) is 5.87. The van der Waals surface area contributed by atoms with E-state index in [-0.39, 0.29) is 17.9 Å². The van der Waals surface area contributed by atoms with Gasteiger partial charge >= 0.3 is 6.09 Å². The summed E-state index contributed by atoms with van der Waals surface area (Å²) in [5, 5.41) is 7.60. The second-order valence-electron chi connectivity index (χ2n) is 10.1. The van der Waals surface area contributed by atoms with Gasteiger partial charge in [-0.1, -0.05) is 17.7 Å². The number of piperidine rings is 1. The molecule has 0 spiro atoms. The van der Waals surface area contributed by atoms with Gasteiger partial charge in [0.2, 0.25) is 0 Å². The van der Waals surface area contributed by atoms with Crippen molar-refractivity contribution in [3.8, 4) is 11.4 Å². The van der Waals surface area contributed by atoms with Crippen molar-refractivity contribution in [2.24, 2.45) is 0 Å². The molecule has 0 atom stereocenters. The fourth-order valence-corrected chi connectivity index (χ4v) is 4.35. The molecule has 0 bridgehead atoms. The van der Waals surface area contributed by atoms with E-state index in [2.05, 4.69) is 10.4 Å². The molecular formula is C28H34N4O4. The van der Waals surface area contributed by atoms with Gasteiger partial charge < -0.3 is 19.7 Å². The molecule has 36 heavy (non-hydrogen) atoms. The molecule has 1 fully saturated rings. The maximum atomic E-state index is 13.4. The number of amides is 2. The van der Waals surface area contributed by atoms with Crippen LogP contribution in [-0.4, -0.2) is 52.5 Å². The summed E-state index contributed by atoms with van der Waals surface area (Å²) < 4.78 is 12.6. The minimum absolute atomic E-state index is 0.0594. The number of nitrogens with one attached hydrogen (secondary N) is 1. The molecule has 2 amide bonds. The average molecular weight is 491 g/mol. The molecule has 1 N–H and O–H groups in total. The number of aryl methyl sites for hydroxylation is 1. The lowest BCUT2D eigenvalue weighted by Crippen LogP contribution is -2.41. The van der Waals surface area contributed by atoms with Crippen LogP contribution in [0.2, 0.25) is 0 Å². The highest BCUT2D eigenvalue weighted by Crippen LogP contribution is 2.33. The van der Waals surface area contributed by atoms with E-state index in [9.17, 15) is 9.59 Å². The lowest BCUT2D eigenvalue weighted by atomic mass is 9.90. The van der Waals surface area contributed by atoms with Crippen molar-refractivity contribution in [3.63, 3.8) is 0 Å². The molecule has 2 aromatic carbocycles. The fraction of sp³-hybridized carbons (Fsp3) is 0.393. The van der Waals surface area contributed by atoms with Gasteiger partial charge in [0.25, 0.3) is 5.91 Å². The Labute approximate surface area is 212 Å². The van der Waals surface area contributed by atoms with E-state index in [0.717, 1.165) is 22.7 Å². The topological polar surface area (TPSA) is 85.7 Å². The lowest BCUT2D eigenvalue weighted by Gasteiger charge is -2.34. The molecule has 3 aromatic rings. The lowest BCUT2D eigenvalue weighted by molar-refractivity contribution is 0.0203. The Balaban J connectivity index is 1.60. The second kappa shape index (κ2) is 10.4. The summed E-state index contributed by atoms with van der Waals surface area (Å²) in [5.74, 6) is 0.560. The van der Waals surface area contributed by atoms with Crippen LogP contribution in [0.15, 0.2) is 54.7 Å². The van der Waals surface area contributed by atoms with Crippen LogP contribution in [0.5, 0.6) is 5.75 Å². The summed E-state index contributed by atoms with van der Waals surface area (Å²) in [6.07, 6.45) is 2.75. The van der Waals surface area contributed by atoms with Crippen LogP contribution in [0.25, 0.3) is 5.69 Å². The van der Waals surface area contributed by atoms with Crippen LogP contribution in [0.4, 0.5) is 10.5 Å². The Morgan fingerprint density at radius 2 is 1.64 bits per heavy atom. The number of carbonyl (C=O) groups is 2. The van der Waals surface area contributed by atoms with Crippen LogP contribution in [0.1, 0.15) is 61.1 Å². The average Bonchev–Trinajstić information content (AvgIpc) is 3.29. The van der Waals surface area contributed by atoms with E-state index in [4.69, 9.17) is 9.47 Å². The highest BCUT2D eigenvalue weighted by atomic mass is 16.6. The van der Waals surface area contributed by atoms with Gasteiger partial charge in [-0.2, -0.15) is 5.10 Å². The number of benzene rings is 2. The normalized spacial score (nSPS) is 14.4. The van der Waals surface area contributed by atoms with E-state index >= 15 is 0 Å². The number of nitrogens with zero attached hydrogens (tertiary/aromatic N) is 3. The van der Waals surface area contributed by atoms with Gasteiger partial charge in [-0.15, -0.1) is 0 Å². The maximum absolute atomic E-state index is 13.4. The first-order valence-corrected chi connectivity index (χ1v) is 12.2. The summed E-state index contributed by atoms with van der Waals surface area (Å²) in [5.41, 5.74) is 3.57. The molecule has 0 saturated carbocycles. The van der Waals surface area contributed by atoms with Crippen molar-refractivity contribution in [1.29, 1.82) is 0 Å². The number of carbonyl (C=O) groups excluding carboxylic acids is 2. The Morgan fingerprint density at radius 3 is 2.22 bits per heavy atom. The second-order valence-corrected chi connectivity index (χ2v) is 10.1. The van der Waals surface area contributed by atoms with Crippen LogP contribution >= 0.6 is 0 Å². The standard InChI is InChI=1S/C28H34N4O4/c1-19-6-10-22(11-7-19)32-25(20-14-16-31(17-15-20)27(34)36-28(2,3)4)24(18-29-32)26(33)30-21-8-12-23(35-5)13-9-21/h6-13,18,20H,14-17H2,1-5H3,(H,30,33). The summed E-state index contributed by atoms with van der Waals surface area (Å²) in [6.45, 7) is 8.74. The van der Waals surface area contributed by atoms with Crippen LogP contribution in [-0.2, 0) is 4.74 Å². The van der Waals surface area contributed by atoms with Gasteiger partial charge in [-0.25, -0.2) is 9.48 Å². The number of hydrogen-bond donors (Lipinski definition) is 1. The monoisotopic (exact) mass is 490 g/mol. The van der Waals surface area contributed by atoms with Crippen LogP contribution < -0.4 is 10.1 Å². The predicted molar refractivity (Wildman–Crippen MR) is 139 cm³/mol. The zero-order valence-electron chi connectivity index (χ0n) is 21.6. The first-order valence-electron chi connectivity index (χ1n) is 12.2. The highest BCUT2D eigenvalue weighted by Gasteiger charge is 2.32. The van der Waals surface area contributed by atoms with Crippen LogP contribution in [0.3, 0.4) is 0 Å². The highest BCUT2D eigenvalue weighted by molar-refractivity contribution is 6.05. The predicted octanol–water partition coefficient (Wildman–Crippen LogP) is 5.56. The van der Waals surface area contributed by atoms with Gasteiger partial charge in [-0.05, 0) is 76.9 Å². The van der Waals surface area contributed by atoms with Gasteiger partial charge in [0.1, 0.15) is 11.4 Å². The molecule has 0 radical (unpaired) electrons. The molecule has 1 aliphatic heterocycles. The Bertz CT molecular complexity index is 1200. The molecule has 1 saturated heterocycles. The maximum Gasteiger partial charge on any atom is 0.410 e. The van der Waals surface area contributed by atoms with E-state index < -0.39 is 5.60 Å². The number of methoxy groups -OCH3 is 1. The summed E-state index contributed by atoms with van der Waals surface area (Å²) in [6, 6.07) is 15.3. The third-order valence-corrected chi connectivity index (χ3v) is 6.21. The molecule has 0 unspecified atom stereocenters. The Morgan fingerprint density at radius 1 is 1.00 bits per heavy atom. The fourth-order valence-electron chi connectivity index (χ4n) is 4.35. The van der Waals surface area contributed by atoms with Crippen molar-refractivity contribution in [3.05, 3.63) is 71.5 Å². The molecule has 2 heterocycles. The van der Waals surface area contributed by atoms with E-state index in [1.54, 1.807) is 42.5 Å².